The molecule has 1 aliphatic rings. The Hall–Kier alpha value is -1.19. The third-order valence-electron chi connectivity index (χ3n) is 4.33. The van der Waals surface area contributed by atoms with Gasteiger partial charge in [-0.1, -0.05) is 32.0 Å². The SMILES string of the molecule is CC(C)C1CCc2nc(-c3cccc(CN)c3)sc2C1. The molecule has 1 aromatic carbocycles. The van der Waals surface area contributed by atoms with E-state index in [2.05, 4.69) is 38.1 Å². The normalized spacial score (nSPS) is 18.3. The second-order valence-electron chi connectivity index (χ2n) is 6.04. The summed E-state index contributed by atoms with van der Waals surface area (Å²) in [6, 6.07) is 8.47. The number of aromatic nitrogens is 1. The molecule has 3 heteroatoms. The van der Waals surface area contributed by atoms with Gasteiger partial charge in [-0.25, -0.2) is 4.98 Å². The summed E-state index contributed by atoms with van der Waals surface area (Å²) in [6.45, 7) is 5.26. The van der Waals surface area contributed by atoms with Gasteiger partial charge in [-0.3, -0.25) is 0 Å². The molecule has 0 saturated carbocycles. The average Bonchev–Trinajstić information content (AvgIpc) is 2.90. The molecule has 3 rings (SSSR count). The maximum Gasteiger partial charge on any atom is 0.123 e. The van der Waals surface area contributed by atoms with Crippen molar-refractivity contribution in [2.24, 2.45) is 17.6 Å². The minimum Gasteiger partial charge on any atom is -0.326 e. The van der Waals surface area contributed by atoms with Crippen LogP contribution >= 0.6 is 11.3 Å². The molecular weight excluding hydrogens is 264 g/mol. The highest BCUT2D eigenvalue weighted by atomic mass is 32.1. The number of aryl methyl sites for hydroxylation is 1. The molecule has 0 saturated heterocycles. The number of hydrogen-bond donors (Lipinski definition) is 1. The minimum absolute atomic E-state index is 0.592. The fraction of sp³-hybridized carbons (Fsp3) is 0.471. The number of thiazole rings is 1. The summed E-state index contributed by atoms with van der Waals surface area (Å²) in [7, 11) is 0. The second kappa shape index (κ2) is 5.66. The van der Waals surface area contributed by atoms with Crippen molar-refractivity contribution in [3.05, 3.63) is 40.4 Å². The molecule has 2 nitrogen and oxygen atoms in total. The Morgan fingerprint density at radius 1 is 1.40 bits per heavy atom. The van der Waals surface area contributed by atoms with Crippen LogP contribution in [0.1, 0.15) is 36.4 Å². The van der Waals surface area contributed by atoms with E-state index in [4.69, 9.17) is 10.7 Å². The van der Waals surface area contributed by atoms with Gasteiger partial charge in [0.25, 0.3) is 0 Å². The molecule has 2 N–H and O–H groups in total. The highest BCUT2D eigenvalue weighted by molar-refractivity contribution is 7.15. The molecule has 0 radical (unpaired) electrons. The quantitative estimate of drug-likeness (QED) is 0.925. The first-order chi connectivity index (χ1) is 9.67. The van der Waals surface area contributed by atoms with E-state index >= 15 is 0 Å². The topological polar surface area (TPSA) is 38.9 Å². The molecule has 0 aliphatic heterocycles. The van der Waals surface area contributed by atoms with E-state index in [-0.39, 0.29) is 0 Å². The summed E-state index contributed by atoms with van der Waals surface area (Å²) < 4.78 is 0. The number of rotatable bonds is 3. The van der Waals surface area contributed by atoms with Crippen LogP contribution in [0.5, 0.6) is 0 Å². The average molecular weight is 286 g/mol. The van der Waals surface area contributed by atoms with E-state index in [1.807, 2.05) is 11.3 Å². The van der Waals surface area contributed by atoms with Crippen molar-refractivity contribution in [3.63, 3.8) is 0 Å². The molecule has 0 fully saturated rings. The Morgan fingerprint density at radius 3 is 3.00 bits per heavy atom. The third kappa shape index (κ3) is 2.65. The smallest absolute Gasteiger partial charge is 0.123 e. The number of hydrogen-bond acceptors (Lipinski definition) is 3. The predicted octanol–water partition coefficient (Wildman–Crippen LogP) is 4.03. The fourth-order valence-electron chi connectivity index (χ4n) is 2.92. The monoisotopic (exact) mass is 286 g/mol. The van der Waals surface area contributed by atoms with Crippen LogP contribution in [0, 0.1) is 11.8 Å². The van der Waals surface area contributed by atoms with Crippen LogP contribution in [0.3, 0.4) is 0 Å². The van der Waals surface area contributed by atoms with Crippen molar-refractivity contribution in [1.82, 2.24) is 4.98 Å². The van der Waals surface area contributed by atoms with Gasteiger partial charge in [-0.05, 0) is 42.7 Å². The maximum absolute atomic E-state index is 5.73. The van der Waals surface area contributed by atoms with Gasteiger partial charge in [0.15, 0.2) is 0 Å². The third-order valence-corrected chi connectivity index (χ3v) is 5.50. The van der Waals surface area contributed by atoms with Crippen molar-refractivity contribution < 1.29 is 0 Å². The molecule has 0 amide bonds. The zero-order chi connectivity index (χ0) is 14.1. The molecule has 106 valence electrons. The van der Waals surface area contributed by atoms with Crippen molar-refractivity contribution in [2.45, 2.75) is 39.7 Å². The van der Waals surface area contributed by atoms with Gasteiger partial charge in [0.2, 0.25) is 0 Å². The van der Waals surface area contributed by atoms with Gasteiger partial charge in [0, 0.05) is 17.0 Å². The van der Waals surface area contributed by atoms with Gasteiger partial charge < -0.3 is 5.73 Å². The summed E-state index contributed by atoms with van der Waals surface area (Å²) in [5.41, 5.74) is 9.45. The first-order valence-corrected chi connectivity index (χ1v) is 8.27. The molecule has 0 spiro atoms. The van der Waals surface area contributed by atoms with E-state index in [1.54, 1.807) is 0 Å². The fourth-order valence-corrected chi connectivity index (χ4v) is 4.12. The Kier molecular flexibility index (Phi) is 3.90. The zero-order valence-electron chi connectivity index (χ0n) is 12.2. The molecule has 1 aliphatic carbocycles. The van der Waals surface area contributed by atoms with Crippen LogP contribution in [0.2, 0.25) is 0 Å². The van der Waals surface area contributed by atoms with Crippen molar-refractivity contribution >= 4 is 11.3 Å². The van der Waals surface area contributed by atoms with Crippen LogP contribution in [-0.2, 0) is 19.4 Å². The van der Waals surface area contributed by atoms with Gasteiger partial charge in [-0.15, -0.1) is 11.3 Å². The lowest BCUT2D eigenvalue weighted by molar-refractivity contribution is 0.344. The summed E-state index contributed by atoms with van der Waals surface area (Å²) >= 11 is 1.88. The lowest BCUT2D eigenvalue weighted by Crippen LogP contribution is -2.17. The molecular formula is C17H22N2S. The van der Waals surface area contributed by atoms with Crippen LogP contribution in [0.4, 0.5) is 0 Å². The summed E-state index contributed by atoms with van der Waals surface area (Å²) in [5, 5.41) is 1.16. The Bertz CT molecular complexity index is 601. The first-order valence-electron chi connectivity index (χ1n) is 7.45. The van der Waals surface area contributed by atoms with Crippen molar-refractivity contribution in [1.29, 1.82) is 0 Å². The summed E-state index contributed by atoms with van der Waals surface area (Å²) in [5.74, 6) is 1.60. The van der Waals surface area contributed by atoms with E-state index in [0.29, 0.717) is 6.54 Å². The van der Waals surface area contributed by atoms with Gasteiger partial charge in [0.1, 0.15) is 5.01 Å². The lowest BCUT2D eigenvalue weighted by Gasteiger charge is -2.24. The number of benzene rings is 1. The highest BCUT2D eigenvalue weighted by Gasteiger charge is 2.24. The van der Waals surface area contributed by atoms with Crippen molar-refractivity contribution in [2.75, 3.05) is 0 Å². The van der Waals surface area contributed by atoms with E-state index in [1.165, 1.54) is 34.5 Å². The predicted molar refractivity (Wildman–Crippen MR) is 85.8 cm³/mol. The second-order valence-corrected chi connectivity index (χ2v) is 7.12. The van der Waals surface area contributed by atoms with Gasteiger partial charge in [0.05, 0.1) is 5.69 Å². The van der Waals surface area contributed by atoms with Crippen molar-refractivity contribution in [3.8, 4) is 10.6 Å². The zero-order valence-corrected chi connectivity index (χ0v) is 13.0. The largest absolute Gasteiger partial charge is 0.326 e. The molecule has 1 atom stereocenters. The molecule has 2 aromatic rings. The Labute approximate surface area is 125 Å². The Morgan fingerprint density at radius 2 is 2.25 bits per heavy atom. The highest BCUT2D eigenvalue weighted by Crippen LogP contribution is 2.36. The van der Waals surface area contributed by atoms with Crippen LogP contribution in [0.15, 0.2) is 24.3 Å². The minimum atomic E-state index is 0.592. The summed E-state index contributed by atoms with van der Waals surface area (Å²) in [4.78, 5) is 6.37. The first kappa shape index (κ1) is 13.8. The molecule has 1 aromatic heterocycles. The molecule has 1 unspecified atom stereocenters. The number of nitrogens with zero attached hydrogens (tertiary/aromatic N) is 1. The number of nitrogens with two attached hydrogens (primary N) is 1. The van der Waals surface area contributed by atoms with Gasteiger partial charge in [-0.2, -0.15) is 0 Å². The van der Waals surface area contributed by atoms with E-state index in [9.17, 15) is 0 Å². The molecule has 1 heterocycles. The molecule has 20 heavy (non-hydrogen) atoms. The maximum atomic E-state index is 5.73. The summed E-state index contributed by atoms with van der Waals surface area (Å²) in [6.07, 6.45) is 3.64. The lowest BCUT2D eigenvalue weighted by atomic mass is 9.83. The van der Waals surface area contributed by atoms with E-state index in [0.717, 1.165) is 23.3 Å². The van der Waals surface area contributed by atoms with Crippen LogP contribution < -0.4 is 5.73 Å². The Balaban J connectivity index is 1.90. The molecule has 0 bridgehead atoms. The number of fused-ring (bicyclic) bond motifs is 1. The van der Waals surface area contributed by atoms with Crippen LogP contribution in [0.25, 0.3) is 10.6 Å². The van der Waals surface area contributed by atoms with Crippen LogP contribution in [-0.4, -0.2) is 4.98 Å². The van der Waals surface area contributed by atoms with E-state index < -0.39 is 0 Å². The standard InChI is InChI=1S/C17H22N2S/c1-11(2)13-6-7-15-16(9-13)20-17(19-15)14-5-3-4-12(8-14)10-18/h3-5,8,11,13H,6-7,9-10,18H2,1-2H3. The van der Waals surface area contributed by atoms with Gasteiger partial charge >= 0.3 is 0 Å².